The van der Waals surface area contributed by atoms with E-state index in [1.165, 1.54) is 27.7 Å². The first-order chi connectivity index (χ1) is 13.9. The van der Waals surface area contributed by atoms with Gasteiger partial charge in [-0.05, 0) is 6.07 Å². The van der Waals surface area contributed by atoms with Crippen LogP contribution in [0.1, 0.15) is 64.9 Å². The maximum Gasteiger partial charge on any atom is 0.267 e. The number of phenols is 3. The highest BCUT2D eigenvalue weighted by Crippen LogP contribution is 2.47. The van der Waals surface area contributed by atoms with E-state index in [1.54, 1.807) is 0 Å². The fourth-order valence-corrected chi connectivity index (χ4v) is 2.79. The van der Waals surface area contributed by atoms with E-state index in [2.05, 4.69) is 0 Å². The predicted molar refractivity (Wildman–Crippen MR) is 116 cm³/mol. The molecule has 1 aromatic rings. The molecule has 8 nitrogen and oxygen atoms in total. The second-order valence-electron chi connectivity index (χ2n) is 7.03. The average molecular weight is 434 g/mol. The van der Waals surface area contributed by atoms with Crippen LogP contribution in [0.5, 0.6) is 17.2 Å². The maximum atomic E-state index is 12.6. The quantitative estimate of drug-likeness (QED) is 0.236. The average Bonchev–Trinajstić information content (AvgIpc) is 2.70. The van der Waals surface area contributed by atoms with E-state index in [-0.39, 0.29) is 18.6 Å². The molecule has 0 heterocycles. The Morgan fingerprint density at radius 3 is 1.77 bits per heavy atom. The third-order valence-corrected chi connectivity index (χ3v) is 4.30. The van der Waals surface area contributed by atoms with Crippen LogP contribution in [-0.2, 0) is 14.4 Å². The van der Waals surface area contributed by atoms with E-state index in [0.717, 1.165) is 12.1 Å². The molecule has 170 valence electrons. The van der Waals surface area contributed by atoms with Crippen molar-refractivity contribution in [3.05, 3.63) is 34.6 Å². The lowest BCUT2D eigenvalue weighted by molar-refractivity contribution is -0.133. The molecule has 0 aromatic heterocycles. The second-order valence-corrected chi connectivity index (χ2v) is 7.03. The van der Waals surface area contributed by atoms with Gasteiger partial charge >= 0.3 is 0 Å². The lowest BCUT2D eigenvalue weighted by Crippen LogP contribution is -2.26. The highest BCUT2D eigenvalue weighted by Gasteiger charge is 2.37. The number of phenolic OH excluding ortho intramolecular Hbond substituents is 3. The highest BCUT2D eigenvalue weighted by molar-refractivity contribution is 6.51. The number of carbonyl (C=O) groups is 4. The molecule has 0 unspecified atom stereocenters. The van der Waals surface area contributed by atoms with Crippen molar-refractivity contribution in [3.8, 4) is 17.2 Å². The van der Waals surface area contributed by atoms with Gasteiger partial charge in [0.05, 0.1) is 0 Å². The van der Waals surface area contributed by atoms with Crippen LogP contribution in [-0.4, -0.2) is 43.6 Å². The van der Waals surface area contributed by atoms with Gasteiger partial charge in [0.25, 0.3) is 5.78 Å². The third kappa shape index (κ3) is 5.02. The summed E-state index contributed by atoms with van der Waals surface area (Å²) in [5.41, 5.74) is -1.75. The van der Waals surface area contributed by atoms with Crippen LogP contribution in [0.15, 0.2) is 23.5 Å². The predicted octanol–water partition coefficient (Wildman–Crippen LogP) is 3.88. The minimum atomic E-state index is -1.33. The number of carbonyl (C=O) groups excluding carboxylic acids is 4. The van der Waals surface area contributed by atoms with Crippen LogP contribution in [0.4, 0.5) is 0 Å². The van der Waals surface area contributed by atoms with E-state index in [9.17, 15) is 39.6 Å². The van der Waals surface area contributed by atoms with Crippen molar-refractivity contribution in [2.45, 2.75) is 49.0 Å². The zero-order valence-corrected chi connectivity index (χ0v) is 17.7. The zero-order chi connectivity index (χ0) is 23.5. The summed E-state index contributed by atoms with van der Waals surface area (Å²) in [7, 11) is 0. The first kappa shape index (κ1) is 27.6. The first-order valence-corrected chi connectivity index (χ1v) is 9.50. The SMILES string of the molecule is C.CC.CC(C)C(=O)C1=CC(=O)C(=O)C(O)=C1c1c(C(=O)C(C)C)cc(O)c(O)c1O. The summed E-state index contributed by atoms with van der Waals surface area (Å²) in [6, 6.07) is 0.866. The molecule has 0 spiro atoms. The topological polar surface area (TPSA) is 149 Å². The Morgan fingerprint density at radius 1 is 0.839 bits per heavy atom. The Labute approximate surface area is 181 Å². The molecule has 0 saturated heterocycles. The smallest absolute Gasteiger partial charge is 0.267 e. The number of benzene rings is 1. The minimum Gasteiger partial charge on any atom is -0.504 e. The van der Waals surface area contributed by atoms with Crippen LogP contribution in [0.3, 0.4) is 0 Å². The summed E-state index contributed by atoms with van der Waals surface area (Å²) >= 11 is 0. The molecule has 1 aliphatic carbocycles. The molecule has 0 aliphatic heterocycles. The molecule has 0 fully saturated rings. The molecule has 0 radical (unpaired) electrons. The molecule has 31 heavy (non-hydrogen) atoms. The van der Waals surface area contributed by atoms with Gasteiger partial charge in [-0.1, -0.05) is 49.0 Å². The Hall–Kier alpha value is -3.42. The number of Topliss-reactive ketones (excluding diaryl/α,β-unsaturated/α-hetero) is 3. The summed E-state index contributed by atoms with van der Waals surface area (Å²) in [4.78, 5) is 49.1. The van der Waals surface area contributed by atoms with Crippen molar-refractivity contribution >= 4 is 28.7 Å². The first-order valence-electron chi connectivity index (χ1n) is 9.50. The van der Waals surface area contributed by atoms with E-state index in [4.69, 9.17) is 0 Å². The summed E-state index contributed by atoms with van der Waals surface area (Å²) < 4.78 is 0. The minimum absolute atomic E-state index is 0. The maximum absolute atomic E-state index is 12.6. The van der Waals surface area contributed by atoms with Crippen LogP contribution < -0.4 is 0 Å². The fraction of sp³-hybridized carbons (Fsp3) is 0.391. The van der Waals surface area contributed by atoms with Crippen molar-refractivity contribution in [2.24, 2.45) is 11.8 Å². The van der Waals surface area contributed by atoms with Gasteiger partial charge in [-0.2, -0.15) is 0 Å². The molecule has 0 bridgehead atoms. The molecule has 0 atom stereocenters. The monoisotopic (exact) mass is 434 g/mol. The van der Waals surface area contributed by atoms with Crippen LogP contribution in [0.2, 0.25) is 0 Å². The number of allylic oxidation sites excluding steroid dienone is 4. The molecule has 2 rings (SSSR count). The van der Waals surface area contributed by atoms with Gasteiger partial charge in [0, 0.05) is 40.2 Å². The zero-order valence-electron chi connectivity index (χ0n) is 17.7. The van der Waals surface area contributed by atoms with Gasteiger partial charge < -0.3 is 20.4 Å². The van der Waals surface area contributed by atoms with Gasteiger partial charge in [-0.3, -0.25) is 19.2 Å². The van der Waals surface area contributed by atoms with Gasteiger partial charge in [-0.15, -0.1) is 0 Å². The molecule has 1 aliphatic rings. The largest absolute Gasteiger partial charge is 0.504 e. The lowest BCUT2D eigenvalue weighted by Gasteiger charge is -2.22. The number of hydrogen-bond acceptors (Lipinski definition) is 8. The molecular weight excluding hydrogens is 404 g/mol. The molecule has 4 N–H and O–H groups in total. The number of hydrogen-bond donors (Lipinski definition) is 4. The van der Waals surface area contributed by atoms with Gasteiger partial charge in [0.2, 0.25) is 11.5 Å². The Balaban J connectivity index is 0.00000291. The molecule has 1 aromatic carbocycles. The van der Waals surface area contributed by atoms with E-state index >= 15 is 0 Å². The van der Waals surface area contributed by atoms with Crippen molar-refractivity contribution in [1.82, 2.24) is 0 Å². The van der Waals surface area contributed by atoms with Gasteiger partial charge in [-0.25, -0.2) is 0 Å². The molecule has 0 amide bonds. The van der Waals surface area contributed by atoms with Crippen molar-refractivity contribution < 1.29 is 39.6 Å². The number of aromatic hydroxyl groups is 3. The van der Waals surface area contributed by atoms with E-state index in [0.29, 0.717) is 0 Å². The van der Waals surface area contributed by atoms with Crippen LogP contribution >= 0.6 is 0 Å². The normalized spacial score (nSPS) is 13.5. The van der Waals surface area contributed by atoms with Crippen LogP contribution in [0, 0.1) is 11.8 Å². The Kier molecular flexibility index (Phi) is 9.40. The lowest BCUT2D eigenvalue weighted by atomic mass is 9.80. The Bertz CT molecular complexity index is 978. The third-order valence-electron chi connectivity index (χ3n) is 4.30. The second kappa shape index (κ2) is 10.6. The summed E-state index contributed by atoms with van der Waals surface area (Å²) in [5, 5.41) is 40.5. The van der Waals surface area contributed by atoms with Crippen molar-refractivity contribution in [1.29, 1.82) is 0 Å². The molecule has 8 heteroatoms. The number of aliphatic hydroxyl groups excluding tert-OH is 1. The van der Waals surface area contributed by atoms with E-state index < -0.39 is 69.1 Å². The highest BCUT2D eigenvalue weighted by atomic mass is 16.3. The summed E-state index contributed by atoms with van der Waals surface area (Å²) in [6.07, 6.45) is 0.729. The van der Waals surface area contributed by atoms with Gasteiger partial charge in [0.1, 0.15) is 0 Å². The summed E-state index contributed by atoms with van der Waals surface area (Å²) in [6.45, 7) is 10.1. The molecular formula is C23H30O8. The van der Waals surface area contributed by atoms with Gasteiger partial charge in [0.15, 0.2) is 28.8 Å². The van der Waals surface area contributed by atoms with E-state index in [1.807, 2.05) is 13.8 Å². The number of aliphatic hydroxyl groups is 1. The number of ketones is 4. The Morgan fingerprint density at radius 2 is 1.32 bits per heavy atom. The molecule has 0 saturated carbocycles. The fourth-order valence-electron chi connectivity index (χ4n) is 2.79. The van der Waals surface area contributed by atoms with Crippen LogP contribution in [0.25, 0.3) is 5.57 Å². The van der Waals surface area contributed by atoms with Crippen molar-refractivity contribution in [2.75, 3.05) is 0 Å². The van der Waals surface area contributed by atoms with Crippen molar-refractivity contribution in [3.63, 3.8) is 0 Å². The standard InChI is InChI=1S/C20H20O8.C2H6.CH4/c1-7(2)15(23)9-5-11(21)17(25)19(27)13(9)14-10(16(24)8(3)4)6-12(22)18(26)20(14)28;1-2;/h5-8,21,25,27-28H,1-4H3;1-2H3;1H4. The number of rotatable bonds is 5. The summed E-state index contributed by atoms with van der Waals surface area (Å²) in [5.74, 6) is -8.90.